The Hall–Kier alpha value is -2.09. The molecular weight excluding hydrogens is 266 g/mol. The number of aromatic nitrogens is 3. The third kappa shape index (κ3) is 2.84. The molecule has 19 heavy (non-hydrogen) atoms. The first kappa shape index (κ1) is 13.3. The van der Waals surface area contributed by atoms with E-state index in [9.17, 15) is 10.1 Å². The van der Waals surface area contributed by atoms with Gasteiger partial charge < -0.3 is 10.3 Å². The molecule has 1 heterocycles. The summed E-state index contributed by atoms with van der Waals surface area (Å²) in [4.78, 5) is 10.2. The molecule has 0 aliphatic rings. The van der Waals surface area contributed by atoms with Crippen molar-refractivity contribution in [3.05, 3.63) is 39.7 Å². The van der Waals surface area contributed by atoms with E-state index < -0.39 is 4.92 Å². The molecule has 8 heteroatoms. The first-order chi connectivity index (χ1) is 8.99. The van der Waals surface area contributed by atoms with Crippen LogP contribution >= 0.6 is 11.8 Å². The van der Waals surface area contributed by atoms with E-state index in [0.29, 0.717) is 5.75 Å². The van der Waals surface area contributed by atoms with Crippen molar-refractivity contribution < 1.29 is 4.92 Å². The smallest absolute Gasteiger partial charge is 0.292 e. The van der Waals surface area contributed by atoms with Gasteiger partial charge in [-0.1, -0.05) is 17.8 Å². The van der Waals surface area contributed by atoms with Crippen molar-refractivity contribution in [3.63, 3.8) is 0 Å². The summed E-state index contributed by atoms with van der Waals surface area (Å²) in [5.41, 5.74) is 6.66. The summed E-state index contributed by atoms with van der Waals surface area (Å²) in [6, 6.07) is 4.74. The molecule has 2 aromatic rings. The molecule has 0 aliphatic carbocycles. The van der Waals surface area contributed by atoms with Gasteiger partial charge >= 0.3 is 0 Å². The van der Waals surface area contributed by atoms with Crippen LogP contribution in [0.25, 0.3) is 0 Å². The summed E-state index contributed by atoms with van der Waals surface area (Å²) < 4.78 is 1.89. The van der Waals surface area contributed by atoms with Crippen molar-refractivity contribution in [1.82, 2.24) is 14.8 Å². The lowest BCUT2D eigenvalue weighted by Crippen LogP contribution is -1.97. The van der Waals surface area contributed by atoms with Gasteiger partial charge in [0.15, 0.2) is 5.16 Å². The van der Waals surface area contributed by atoms with Gasteiger partial charge in [0.2, 0.25) is 0 Å². The van der Waals surface area contributed by atoms with E-state index in [2.05, 4.69) is 10.2 Å². The second kappa shape index (κ2) is 5.27. The lowest BCUT2D eigenvalue weighted by atomic mass is 10.2. The molecular formula is C11H13N5O2S. The third-order valence-electron chi connectivity index (χ3n) is 2.71. The normalized spacial score (nSPS) is 10.6. The number of thioether (sulfide) groups is 1. The molecule has 0 aliphatic heterocycles. The number of nitro groups is 1. The fourth-order valence-corrected chi connectivity index (χ4v) is 2.42. The molecule has 0 spiro atoms. The highest BCUT2D eigenvalue weighted by Crippen LogP contribution is 2.26. The lowest BCUT2D eigenvalue weighted by molar-refractivity contribution is -0.383. The predicted molar refractivity (Wildman–Crippen MR) is 72.8 cm³/mol. The van der Waals surface area contributed by atoms with E-state index in [-0.39, 0.29) is 11.4 Å². The van der Waals surface area contributed by atoms with Gasteiger partial charge in [-0.15, -0.1) is 10.2 Å². The Bertz CT molecular complexity index is 626. The SMILES string of the molecule is Cc1nnc(SCc2ccc([N+](=O)[O-])c(N)c2)n1C. The van der Waals surface area contributed by atoms with E-state index >= 15 is 0 Å². The zero-order valence-corrected chi connectivity index (χ0v) is 11.3. The van der Waals surface area contributed by atoms with Crippen LogP contribution in [-0.2, 0) is 12.8 Å². The molecule has 2 N–H and O–H groups in total. The van der Waals surface area contributed by atoms with Crippen molar-refractivity contribution in [2.45, 2.75) is 17.8 Å². The van der Waals surface area contributed by atoms with E-state index in [1.165, 1.54) is 17.8 Å². The molecule has 2 rings (SSSR count). The Morgan fingerprint density at radius 2 is 2.21 bits per heavy atom. The van der Waals surface area contributed by atoms with Crippen molar-refractivity contribution in [2.75, 3.05) is 5.73 Å². The molecule has 0 bridgehead atoms. The van der Waals surface area contributed by atoms with Gasteiger partial charge in [-0.05, 0) is 18.6 Å². The number of rotatable bonds is 4. The topological polar surface area (TPSA) is 99.9 Å². The van der Waals surface area contributed by atoms with Crippen LogP contribution in [0.3, 0.4) is 0 Å². The van der Waals surface area contributed by atoms with Crippen LogP contribution in [0.4, 0.5) is 11.4 Å². The van der Waals surface area contributed by atoms with Gasteiger partial charge in [-0.25, -0.2) is 0 Å². The summed E-state index contributed by atoms with van der Waals surface area (Å²) in [6.07, 6.45) is 0. The van der Waals surface area contributed by atoms with E-state index in [4.69, 9.17) is 5.73 Å². The molecule has 0 saturated carbocycles. The van der Waals surface area contributed by atoms with E-state index in [1.54, 1.807) is 12.1 Å². The Labute approximate surface area is 114 Å². The van der Waals surface area contributed by atoms with Crippen LogP contribution in [0.2, 0.25) is 0 Å². The third-order valence-corrected chi connectivity index (χ3v) is 3.80. The van der Waals surface area contributed by atoms with Crippen LogP contribution in [0, 0.1) is 17.0 Å². The van der Waals surface area contributed by atoms with Crippen molar-refractivity contribution in [2.24, 2.45) is 7.05 Å². The fourth-order valence-electron chi connectivity index (χ4n) is 1.52. The van der Waals surface area contributed by atoms with Gasteiger partial charge in [0.05, 0.1) is 4.92 Å². The maximum atomic E-state index is 10.7. The zero-order chi connectivity index (χ0) is 14.0. The Balaban J connectivity index is 2.10. The Morgan fingerprint density at radius 3 is 2.74 bits per heavy atom. The quantitative estimate of drug-likeness (QED) is 0.397. The van der Waals surface area contributed by atoms with Crippen molar-refractivity contribution in [1.29, 1.82) is 0 Å². The average molecular weight is 279 g/mol. The maximum absolute atomic E-state index is 10.7. The molecule has 0 unspecified atom stereocenters. The van der Waals surface area contributed by atoms with Crippen molar-refractivity contribution in [3.8, 4) is 0 Å². The molecule has 0 radical (unpaired) electrons. The predicted octanol–water partition coefficient (Wildman–Crippen LogP) is 1.91. The lowest BCUT2D eigenvalue weighted by Gasteiger charge is -2.03. The summed E-state index contributed by atoms with van der Waals surface area (Å²) in [7, 11) is 1.89. The maximum Gasteiger partial charge on any atom is 0.292 e. The number of nitrogens with zero attached hydrogens (tertiary/aromatic N) is 4. The average Bonchev–Trinajstić information content (AvgIpc) is 2.67. The highest BCUT2D eigenvalue weighted by atomic mass is 32.2. The summed E-state index contributed by atoms with van der Waals surface area (Å²) in [5, 5.41) is 19.5. The number of hydrogen-bond acceptors (Lipinski definition) is 6. The largest absolute Gasteiger partial charge is 0.393 e. The summed E-state index contributed by atoms with van der Waals surface area (Å²) in [6.45, 7) is 1.88. The van der Waals surface area contributed by atoms with Crippen molar-refractivity contribution >= 4 is 23.1 Å². The number of nitrogen functional groups attached to an aromatic ring is 1. The molecule has 0 fully saturated rings. The van der Waals surface area contributed by atoms with E-state index in [1.807, 2.05) is 18.5 Å². The highest BCUT2D eigenvalue weighted by Gasteiger charge is 2.12. The number of nitrogens with two attached hydrogens (primary N) is 1. The zero-order valence-electron chi connectivity index (χ0n) is 10.5. The molecule has 1 aromatic carbocycles. The van der Waals surface area contributed by atoms with Crippen LogP contribution in [0.1, 0.15) is 11.4 Å². The number of anilines is 1. The minimum Gasteiger partial charge on any atom is -0.393 e. The molecule has 0 atom stereocenters. The minimum atomic E-state index is -0.488. The standard InChI is InChI=1S/C11H13N5O2S/c1-7-13-14-11(15(7)2)19-6-8-3-4-10(16(17)18)9(12)5-8/h3-5H,6,12H2,1-2H3. The van der Waals surface area contributed by atoms with Gasteiger partial charge in [-0.3, -0.25) is 10.1 Å². The molecule has 100 valence electrons. The van der Waals surface area contributed by atoms with Crippen LogP contribution in [-0.4, -0.2) is 19.7 Å². The summed E-state index contributed by atoms with van der Waals surface area (Å²) in [5.74, 6) is 1.47. The highest BCUT2D eigenvalue weighted by molar-refractivity contribution is 7.98. The van der Waals surface area contributed by atoms with E-state index in [0.717, 1.165) is 16.5 Å². The second-order valence-electron chi connectivity index (χ2n) is 4.03. The molecule has 0 amide bonds. The monoisotopic (exact) mass is 279 g/mol. The number of nitro benzene ring substituents is 1. The Kier molecular flexibility index (Phi) is 3.70. The Morgan fingerprint density at radius 1 is 1.47 bits per heavy atom. The first-order valence-corrected chi connectivity index (χ1v) is 6.49. The van der Waals surface area contributed by atoms with Crippen LogP contribution in [0.15, 0.2) is 23.4 Å². The van der Waals surface area contributed by atoms with Gasteiger partial charge in [0, 0.05) is 18.9 Å². The van der Waals surface area contributed by atoms with Gasteiger partial charge in [0.1, 0.15) is 11.5 Å². The van der Waals surface area contributed by atoms with Gasteiger partial charge in [-0.2, -0.15) is 0 Å². The minimum absolute atomic E-state index is 0.0664. The van der Waals surface area contributed by atoms with Crippen LogP contribution < -0.4 is 5.73 Å². The molecule has 7 nitrogen and oxygen atoms in total. The summed E-state index contributed by atoms with van der Waals surface area (Å²) >= 11 is 1.51. The molecule has 0 saturated heterocycles. The number of benzene rings is 1. The van der Waals surface area contributed by atoms with Crippen LogP contribution in [0.5, 0.6) is 0 Å². The number of hydrogen-bond donors (Lipinski definition) is 1. The first-order valence-electron chi connectivity index (χ1n) is 5.50. The molecule has 1 aromatic heterocycles. The number of aryl methyl sites for hydroxylation is 1. The van der Waals surface area contributed by atoms with Gasteiger partial charge in [0.25, 0.3) is 5.69 Å². The second-order valence-corrected chi connectivity index (χ2v) is 4.97. The fraction of sp³-hybridized carbons (Fsp3) is 0.273.